The maximum atomic E-state index is 10.6. The Morgan fingerprint density at radius 1 is 1.11 bits per heavy atom. The van der Waals surface area contributed by atoms with Crippen molar-refractivity contribution in [3.8, 4) is 0 Å². The molecular weight excluding hydrogens is 228 g/mol. The molecule has 0 amide bonds. The molecule has 3 rings (SSSR count). The van der Waals surface area contributed by atoms with Crippen molar-refractivity contribution in [2.75, 3.05) is 6.61 Å². The van der Waals surface area contributed by atoms with Gasteiger partial charge in [0.2, 0.25) is 0 Å². The van der Waals surface area contributed by atoms with Gasteiger partial charge in [-0.1, -0.05) is 13.8 Å². The highest BCUT2D eigenvalue weighted by Crippen LogP contribution is 2.62. The van der Waals surface area contributed by atoms with Crippen molar-refractivity contribution in [2.45, 2.75) is 70.2 Å². The lowest BCUT2D eigenvalue weighted by Gasteiger charge is -2.59. The van der Waals surface area contributed by atoms with Crippen LogP contribution in [0.3, 0.4) is 0 Å². The molecule has 1 aliphatic carbocycles. The molecule has 18 heavy (non-hydrogen) atoms. The van der Waals surface area contributed by atoms with Gasteiger partial charge in [0.05, 0.1) is 23.9 Å². The minimum atomic E-state index is -0.729. The molecule has 104 valence electrons. The highest BCUT2D eigenvalue weighted by atomic mass is 16.5. The maximum absolute atomic E-state index is 10.6. The highest BCUT2D eigenvalue weighted by molar-refractivity contribution is 5.11. The number of aliphatic hydroxyl groups excluding tert-OH is 1. The van der Waals surface area contributed by atoms with Gasteiger partial charge in [-0.2, -0.15) is 0 Å². The Morgan fingerprint density at radius 3 is 2.44 bits per heavy atom. The Morgan fingerprint density at radius 2 is 1.83 bits per heavy atom. The van der Waals surface area contributed by atoms with E-state index >= 15 is 0 Å². The lowest BCUT2D eigenvalue weighted by atomic mass is 9.49. The first-order valence-electron chi connectivity index (χ1n) is 7.32. The summed E-state index contributed by atoms with van der Waals surface area (Å²) in [5.74, 6) is 1.06. The molecule has 2 heterocycles. The molecule has 5 atom stereocenters. The molecule has 1 saturated carbocycles. The molecule has 0 aromatic heterocycles. The first-order chi connectivity index (χ1) is 8.31. The summed E-state index contributed by atoms with van der Waals surface area (Å²) < 4.78 is 6.18. The van der Waals surface area contributed by atoms with E-state index in [2.05, 4.69) is 13.8 Å². The number of hydrogen-bond acceptors (Lipinski definition) is 3. The van der Waals surface area contributed by atoms with Crippen LogP contribution in [0.25, 0.3) is 0 Å². The van der Waals surface area contributed by atoms with Crippen LogP contribution < -0.4 is 0 Å². The second-order valence-corrected chi connectivity index (χ2v) is 7.67. The van der Waals surface area contributed by atoms with Gasteiger partial charge in [0.25, 0.3) is 0 Å². The van der Waals surface area contributed by atoms with Crippen molar-refractivity contribution < 1.29 is 14.9 Å². The molecule has 2 bridgehead atoms. The third-order valence-electron chi connectivity index (χ3n) is 6.04. The third kappa shape index (κ3) is 1.60. The van der Waals surface area contributed by atoms with Crippen LogP contribution in [-0.2, 0) is 4.74 Å². The van der Waals surface area contributed by atoms with Gasteiger partial charge in [0.15, 0.2) is 0 Å². The van der Waals surface area contributed by atoms with E-state index in [0.29, 0.717) is 17.3 Å². The van der Waals surface area contributed by atoms with E-state index in [-0.39, 0.29) is 18.3 Å². The van der Waals surface area contributed by atoms with Gasteiger partial charge in [-0.3, -0.25) is 0 Å². The predicted molar refractivity (Wildman–Crippen MR) is 69.2 cm³/mol. The average molecular weight is 254 g/mol. The van der Waals surface area contributed by atoms with Crippen molar-refractivity contribution in [2.24, 2.45) is 17.3 Å². The normalized spacial score (nSPS) is 54.2. The first kappa shape index (κ1) is 12.9. The summed E-state index contributed by atoms with van der Waals surface area (Å²) in [7, 11) is 0. The van der Waals surface area contributed by atoms with Crippen molar-refractivity contribution in [1.29, 1.82) is 0 Å². The molecule has 0 unspecified atom stereocenters. The molecular formula is C15H26O3. The number of rotatable bonds is 1. The van der Waals surface area contributed by atoms with Crippen LogP contribution in [0.5, 0.6) is 0 Å². The second-order valence-electron chi connectivity index (χ2n) is 7.67. The molecule has 0 aromatic carbocycles. The van der Waals surface area contributed by atoms with Gasteiger partial charge in [0.1, 0.15) is 0 Å². The first-order valence-corrected chi connectivity index (χ1v) is 7.32. The van der Waals surface area contributed by atoms with E-state index in [9.17, 15) is 10.2 Å². The summed E-state index contributed by atoms with van der Waals surface area (Å²) >= 11 is 0. The minimum Gasteiger partial charge on any atom is -0.393 e. The summed E-state index contributed by atoms with van der Waals surface area (Å²) in [5, 5.41) is 20.4. The van der Waals surface area contributed by atoms with Gasteiger partial charge in [-0.25, -0.2) is 0 Å². The zero-order valence-corrected chi connectivity index (χ0v) is 11.8. The monoisotopic (exact) mass is 254 g/mol. The minimum absolute atomic E-state index is 0.0886. The molecule has 0 aromatic rings. The van der Waals surface area contributed by atoms with E-state index in [1.54, 1.807) is 0 Å². The van der Waals surface area contributed by atoms with E-state index in [1.807, 2.05) is 6.92 Å². The number of ether oxygens (including phenoxy) is 1. The zero-order valence-electron chi connectivity index (χ0n) is 11.8. The quantitative estimate of drug-likeness (QED) is 0.753. The fourth-order valence-electron chi connectivity index (χ4n) is 4.72. The summed E-state index contributed by atoms with van der Waals surface area (Å²) in [5.41, 5.74) is -0.759. The van der Waals surface area contributed by atoms with Crippen LogP contribution in [0, 0.1) is 17.3 Å². The summed E-state index contributed by atoms with van der Waals surface area (Å²) in [4.78, 5) is 0. The van der Waals surface area contributed by atoms with Crippen molar-refractivity contribution in [3.05, 3.63) is 0 Å². The van der Waals surface area contributed by atoms with Crippen LogP contribution in [0.1, 0.15) is 52.9 Å². The number of hydrogen-bond donors (Lipinski definition) is 2. The van der Waals surface area contributed by atoms with Gasteiger partial charge in [-0.15, -0.1) is 0 Å². The lowest BCUT2D eigenvalue weighted by Crippen LogP contribution is -2.60. The van der Waals surface area contributed by atoms with Crippen molar-refractivity contribution >= 4 is 0 Å². The van der Waals surface area contributed by atoms with Crippen molar-refractivity contribution in [3.63, 3.8) is 0 Å². The fourth-order valence-corrected chi connectivity index (χ4v) is 4.72. The zero-order chi connectivity index (χ0) is 13.2. The Labute approximate surface area is 110 Å². The van der Waals surface area contributed by atoms with E-state index in [1.165, 1.54) is 0 Å². The summed E-state index contributed by atoms with van der Waals surface area (Å²) in [6.07, 6.45) is 4.73. The molecule has 2 N–H and O–H groups in total. The molecule has 3 nitrogen and oxygen atoms in total. The van der Waals surface area contributed by atoms with Crippen LogP contribution >= 0.6 is 0 Å². The van der Waals surface area contributed by atoms with E-state index < -0.39 is 5.60 Å². The summed E-state index contributed by atoms with van der Waals surface area (Å²) in [6.45, 7) is 6.62. The SMILES string of the molecule is CC1(C)C[C@H]2[C@H]1CC[C@@](C)(O)[C@@H]1CC[C@]2(CO)O1. The third-order valence-corrected chi connectivity index (χ3v) is 6.04. The maximum Gasteiger partial charge on any atom is 0.0949 e. The topological polar surface area (TPSA) is 49.7 Å². The molecule has 3 aliphatic rings. The largest absolute Gasteiger partial charge is 0.393 e. The number of fused-ring (bicyclic) bond motifs is 4. The van der Waals surface area contributed by atoms with Crippen molar-refractivity contribution in [1.82, 2.24) is 0 Å². The smallest absolute Gasteiger partial charge is 0.0949 e. The summed E-state index contributed by atoms with van der Waals surface area (Å²) in [6, 6.07) is 0. The van der Waals surface area contributed by atoms with Crippen LogP contribution in [0.2, 0.25) is 0 Å². The van der Waals surface area contributed by atoms with Gasteiger partial charge in [-0.05, 0) is 56.3 Å². The standard InChI is InChI=1S/C15H26O3/c1-13(2)8-11-10(13)4-6-14(3,17)12-5-7-15(11,9-16)18-12/h10-12,16-17H,4-9H2,1-3H3/t10-,11+,12+,14-,15-/m1/s1. The van der Waals surface area contributed by atoms with Crippen LogP contribution in [-0.4, -0.2) is 34.1 Å². The molecule has 3 heteroatoms. The average Bonchev–Trinajstić information content (AvgIpc) is 2.72. The Bertz CT molecular complexity index is 350. The molecule has 3 fully saturated rings. The number of aliphatic hydroxyl groups is 2. The molecule has 2 saturated heterocycles. The Hall–Kier alpha value is -0.120. The van der Waals surface area contributed by atoms with Crippen LogP contribution in [0.15, 0.2) is 0 Å². The molecule has 0 radical (unpaired) electrons. The van der Waals surface area contributed by atoms with Gasteiger partial charge in [0, 0.05) is 0 Å². The lowest BCUT2D eigenvalue weighted by molar-refractivity contribution is -0.230. The fraction of sp³-hybridized carbons (Fsp3) is 1.00. The Kier molecular flexibility index (Phi) is 2.66. The van der Waals surface area contributed by atoms with Gasteiger partial charge < -0.3 is 14.9 Å². The molecule has 0 spiro atoms. The van der Waals surface area contributed by atoms with E-state index in [0.717, 1.165) is 32.1 Å². The predicted octanol–water partition coefficient (Wildman–Crippen LogP) is 2.10. The van der Waals surface area contributed by atoms with Crippen LogP contribution in [0.4, 0.5) is 0 Å². The highest BCUT2D eigenvalue weighted by Gasteiger charge is 2.62. The Balaban J connectivity index is 1.93. The molecule has 2 aliphatic heterocycles. The van der Waals surface area contributed by atoms with E-state index in [4.69, 9.17) is 4.74 Å². The van der Waals surface area contributed by atoms with Gasteiger partial charge >= 0.3 is 0 Å². The second kappa shape index (κ2) is 3.71.